The van der Waals surface area contributed by atoms with Crippen LogP contribution in [-0.2, 0) is 21.0 Å². The highest BCUT2D eigenvalue weighted by atomic mass is 32.2. The number of benzene rings is 1. The lowest BCUT2D eigenvalue weighted by Gasteiger charge is -2.33. The summed E-state index contributed by atoms with van der Waals surface area (Å²) in [7, 11) is -3.95. The van der Waals surface area contributed by atoms with Gasteiger partial charge in [0, 0.05) is 43.8 Å². The number of rotatable bonds is 6. The molecule has 1 saturated heterocycles. The zero-order valence-corrected chi connectivity index (χ0v) is 19.3. The van der Waals surface area contributed by atoms with Crippen LogP contribution in [0.4, 0.5) is 13.2 Å². The highest BCUT2D eigenvalue weighted by Crippen LogP contribution is 2.30. The molecular weight excluding hydrogens is 505 g/mol. The van der Waals surface area contributed by atoms with Gasteiger partial charge in [-0.2, -0.15) is 17.5 Å². The minimum Gasteiger partial charge on any atom is -0.480 e. The van der Waals surface area contributed by atoms with Crippen LogP contribution in [0.1, 0.15) is 16.1 Å². The summed E-state index contributed by atoms with van der Waals surface area (Å²) >= 11 is 0. The fourth-order valence-electron chi connectivity index (χ4n) is 3.59. The molecule has 0 bridgehead atoms. The number of pyridine rings is 2. The summed E-state index contributed by atoms with van der Waals surface area (Å²) in [4.78, 5) is 33.1. The molecule has 1 aliphatic rings. The number of fused-ring (bicyclic) bond motifs is 1. The van der Waals surface area contributed by atoms with Crippen molar-refractivity contribution in [2.45, 2.75) is 6.18 Å². The molecule has 0 aliphatic carbocycles. The maximum Gasteiger partial charge on any atom is 0.417 e. The molecule has 10 nitrogen and oxygen atoms in total. The van der Waals surface area contributed by atoms with Crippen LogP contribution in [-0.4, -0.2) is 76.5 Å². The number of carboxylic acids is 1. The molecule has 14 heteroatoms. The number of aliphatic carboxylic acids is 1. The van der Waals surface area contributed by atoms with Crippen LogP contribution in [0.3, 0.4) is 0 Å². The SMILES string of the molecule is O=C(O)CS(=O)(=O)N1CCN(C(=O)c2ccc3cc(Oc4ccc(C(F)(F)F)cn4)ccc3n2)CC1. The molecule has 0 unspecified atom stereocenters. The summed E-state index contributed by atoms with van der Waals surface area (Å²) in [6, 6.07) is 9.83. The first-order valence-corrected chi connectivity index (χ1v) is 12.1. The second kappa shape index (κ2) is 9.70. The number of alkyl halides is 3. The van der Waals surface area contributed by atoms with E-state index >= 15 is 0 Å². The lowest BCUT2D eigenvalue weighted by molar-refractivity contribution is -0.138. The van der Waals surface area contributed by atoms with E-state index in [1.165, 1.54) is 17.0 Å². The van der Waals surface area contributed by atoms with Gasteiger partial charge < -0.3 is 14.7 Å². The molecule has 1 amide bonds. The van der Waals surface area contributed by atoms with Crippen molar-refractivity contribution in [3.63, 3.8) is 0 Å². The number of hydrogen-bond donors (Lipinski definition) is 1. The van der Waals surface area contributed by atoms with Crippen LogP contribution in [0, 0.1) is 0 Å². The van der Waals surface area contributed by atoms with E-state index in [0.717, 1.165) is 16.4 Å². The van der Waals surface area contributed by atoms with Crippen LogP contribution in [0.25, 0.3) is 10.9 Å². The van der Waals surface area contributed by atoms with E-state index in [2.05, 4.69) is 9.97 Å². The number of carbonyl (C=O) groups excluding carboxylic acids is 1. The Morgan fingerprint density at radius 3 is 2.36 bits per heavy atom. The van der Waals surface area contributed by atoms with Gasteiger partial charge in [0.15, 0.2) is 5.75 Å². The van der Waals surface area contributed by atoms with E-state index < -0.39 is 39.4 Å². The van der Waals surface area contributed by atoms with Crippen LogP contribution in [0.15, 0.2) is 48.7 Å². The second-order valence-electron chi connectivity index (χ2n) is 7.88. The van der Waals surface area contributed by atoms with Gasteiger partial charge >= 0.3 is 12.1 Å². The number of amides is 1. The van der Waals surface area contributed by atoms with Crippen molar-refractivity contribution in [2.75, 3.05) is 31.9 Å². The molecule has 0 spiro atoms. The van der Waals surface area contributed by atoms with E-state index in [4.69, 9.17) is 9.84 Å². The molecule has 36 heavy (non-hydrogen) atoms. The number of carboxylic acid groups (broad SMARTS) is 1. The number of hydrogen-bond acceptors (Lipinski definition) is 7. The Morgan fingerprint density at radius 1 is 1.03 bits per heavy atom. The Hall–Kier alpha value is -3.78. The van der Waals surface area contributed by atoms with Crippen molar-refractivity contribution in [3.05, 3.63) is 59.9 Å². The summed E-state index contributed by atoms with van der Waals surface area (Å²) in [5.74, 6) is -2.56. The van der Waals surface area contributed by atoms with E-state index in [1.54, 1.807) is 18.2 Å². The first kappa shape index (κ1) is 25.3. The number of sulfonamides is 1. The van der Waals surface area contributed by atoms with Crippen molar-refractivity contribution in [3.8, 4) is 11.6 Å². The largest absolute Gasteiger partial charge is 0.480 e. The molecule has 3 heterocycles. The highest BCUT2D eigenvalue weighted by molar-refractivity contribution is 7.89. The fourth-order valence-corrected chi connectivity index (χ4v) is 4.81. The lowest BCUT2D eigenvalue weighted by atomic mass is 10.2. The Balaban J connectivity index is 1.42. The second-order valence-corrected chi connectivity index (χ2v) is 9.85. The summed E-state index contributed by atoms with van der Waals surface area (Å²) < 4.78 is 68.7. The van der Waals surface area contributed by atoms with Gasteiger partial charge in [0.25, 0.3) is 5.91 Å². The summed E-state index contributed by atoms with van der Waals surface area (Å²) in [5.41, 5.74) is -0.281. The van der Waals surface area contributed by atoms with E-state index in [9.17, 15) is 31.2 Å². The average Bonchev–Trinajstić information content (AvgIpc) is 2.82. The van der Waals surface area contributed by atoms with Crippen molar-refractivity contribution >= 4 is 32.8 Å². The van der Waals surface area contributed by atoms with Crippen LogP contribution in [0.2, 0.25) is 0 Å². The predicted molar refractivity (Wildman–Crippen MR) is 120 cm³/mol. The van der Waals surface area contributed by atoms with Gasteiger partial charge in [0.1, 0.15) is 11.4 Å². The third-order valence-corrected chi connectivity index (χ3v) is 7.15. The van der Waals surface area contributed by atoms with Gasteiger partial charge in [-0.25, -0.2) is 18.4 Å². The number of piperazine rings is 1. The molecule has 190 valence electrons. The molecule has 1 aromatic carbocycles. The molecule has 0 saturated carbocycles. The zero-order valence-electron chi connectivity index (χ0n) is 18.5. The molecule has 1 fully saturated rings. The van der Waals surface area contributed by atoms with E-state index in [0.29, 0.717) is 22.8 Å². The first-order chi connectivity index (χ1) is 16.9. The van der Waals surface area contributed by atoms with Crippen molar-refractivity contribution in [1.29, 1.82) is 0 Å². The molecule has 0 atom stereocenters. The smallest absolute Gasteiger partial charge is 0.417 e. The number of halogens is 3. The molecule has 4 rings (SSSR count). The van der Waals surface area contributed by atoms with Gasteiger partial charge in [0.2, 0.25) is 15.9 Å². The van der Waals surface area contributed by atoms with Crippen LogP contribution < -0.4 is 4.74 Å². The Labute approximate surface area is 203 Å². The first-order valence-electron chi connectivity index (χ1n) is 10.5. The predicted octanol–water partition coefficient (Wildman–Crippen LogP) is 2.61. The maximum atomic E-state index is 12.9. The highest BCUT2D eigenvalue weighted by Gasteiger charge is 2.32. The van der Waals surface area contributed by atoms with Gasteiger partial charge in [-0.15, -0.1) is 0 Å². The van der Waals surface area contributed by atoms with E-state index in [-0.39, 0.29) is 37.8 Å². The number of carbonyl (C=O) groups is 2. The Kier molecular flexibility index (Phi) is 6.82. The quantitative estimate of drug-likeness (QED) is 0.521. The topological polar surface area (TPSA) is 130 Å². The normalized spacial score (nSPS) is 15.1. The molecule has 0 radical (unpaired) electrons. The monoisotopic (exact) mass is 524 g/mol. The zero-order chi connectivity index (χ0) is 26.1. The minimum atomic E-state index is -4.50. The van der Waals surface area contributed by atoms with Crippen molar-refractivity contribution in [1.82, 2.24) is 19.2 Å². The molecule has 2 aromatic heterocycles. The third kappa shape index (κ3) is 5.71. The number of ether oxygens (including phenoxy) is 1. The van der Waals surface area contributed by atoms with Gasteiger partial charge in [0.05, 0.1) is 11.1 Å². The molecule has 1 N–H and O–H groups in total. The van der Waals surface area contributed by atoms with Crippen molar-refractivity contribution in [2.24, 2.45) is 0 Å². The van der Waals surface area contributed by atoms with Crippen molar-refractivity contribution < 1.29 is 41.0 Å². The maximum absolute atomic E-state index is 12.9. The number of nitrogens with zero attached hydrogens (tertiary/aromatic N) is 4. The molecular formula is C22H19F3N4O6S. The Bertz CT molecular complexity index is 1410. The summed E-state index contributed by atoms with van der Waals surface area (Å²) in [5, 5.41) is 9.37. The van der Waals surface area contributed by atoms with Gasteiger partial charge in [-0.3, -0.25) is 9.59 Å². The fraction of sp³-hybridized carbons (Fsp3) is 0.273. The third-order valence-electron chi connectivity index (χ3n) is 5.39. The van der Waals surface area contributed by atoms with Crippen LogP contribution >= 0.6 is 0 Å². The average molecular weight is 524 g/mol. The summed E-state index contributed by atoms with van der Waals surface area (Å²) in [6.45, 7) is 0.135. The van der Waals surface area contributed by atoms with E-state index in [1.807, 2.05) is 0 Å². The lowest BCUT2D eigenvalue weighted by Crippen LogP contribution is -2.51. The summed E-state index contributed by atoms with van der Waals surface area (Å²) in [6.07, 6.45) is -3.82. The van der Waals surface area contributed by atoms with Gasteiger partial charge in [-0.1, -0.05) is 6.07 Å². The number of aromatic nitrogens is 2. The molecule has 1 aliphatic heterocycles. The van der Waals surface area contributed by atoms with Gasteiger partial charge in [-0.05, 0) is 30.3 Å². The van der Waals surface area contributed by atoms with Crippen LogP contribution in [0.5, 0.6) is 11.6 Å². The Morgan fingerprint density at radius 2 is 1.75 bits per heavy atom. The molecule has 3 aromatic rings. The standard InChI is InChI=1S/C22H19F3N4O6S/c23-22(24,25)15-2-6-19(26-12-15)35-16-3-5-17-14(11-16)1-4-18(27-17)21(32)28-7-9-29(10-8-28)36(33,34)13-20(30)31/h1-6,11-12H,7-10,13H2,(H,30,31). The minimum absolute atomic E-state index is 0.0202.